The van der Waals surface area contributed by atoms with Crippen molar-refractivity contribution in [2.45, 2.75) is 37.8 Å². The number of aliphatic hydroxyl groups is 1. The Hall–Kier alpha value is -1.59. The predicted octanol–water partition coefficient (Wildman–Crippen LogP) is 2.89. The van der Waals surface area contributed by atoms with Gasteiger partial charge in [-0.05, 0) is 38.0 Å². The van der Waals surface area contributed by atoms with Crippen LogP contribution in [0.2, 0.25) is 0 Å². The van der Waals surface area contributed by atoms with E-state index in [1.165, 1.54) is 17.3 Å². The van der Waals surface area contributed by atoms with Gasteiger partial charge < -0.3 is 9.67 Å². The molecule has 21 heavy (non-hydrogen) atoms. The van der Waals surface area contributed by atoms with Crippen LogP contribution < -0.4 is 0 Å². The SMILES string of the molecule is Cc1ccc(C(=O)C(C)Sc2ncc(CO)n2C)cc1C. The molecule has 0 radical (unpaired) electrons. The van der Waals surface area contributed by atoms with Gasteiger partial charge in [0.15, 0.2) is 10.9 Å². The molecular weight excluding hydrogens is 284 g/mol. The van der Waals surface area contributed by atoms with Gasteiger partial charge >= 0.3 is 0 Å². The summed E-state index contributed by atoms with van der Waals surface area (Å²) < 4.78 is 1.81. The molecule has 0 amide bonds. The third kappa shape index (κ3) is 3.36. The number of ketones is 1. The number of rotatable bonds is 5. The second-order valence-corrected chi connectivity index (χ2v) is 6.48. The van der Waals surface area contributed by atoms with E-state index in [4.69, 9.17) is 0 Å². The summed E-state index contributed by atoms with van der Waals surface area (Å²) in [5.74, 6) is 0.0941. The van der Waals surface area contributed by atoms with Gasteiger partial charge in [0.05, 0.1) is 23.7 Å². The summed E-state index contributed by atoms with van der Waals surface area (Å²) in [6.07, 6.45) is 1.63. The summed E-state index contributed by atoms with van der Waals surface area (Å²) in [7, 11) is 1.84. The maximum absolute atomic E-state index is 12.5. The van der Waals surface area contributed by atoms with E-state index >= 15 is 0 Å². The molecule has 0 aliphatic heterocycles. The van der Waals surface area contributed by atoms with Crippen molar-refractivity contribution in [2.24, 2.45) is 7.05 Å². The van der Waals surface area contributed by atoms with Gasteiger partial charge in [-0.1, -0.05) is 23.9 Å². The Morgan fingerprint density at radius 3 is 2.67 bits per heavy atom. The number of nitrogens with zero attached hydrogens (tertiary/aromatic N) is 2. The molecule has 1 aromatic heterocycles. The van der Waals surface area contributed by atoms with Crippen LogP contribution in [-0.4, -0.2) is 25.7 Å². The number of aliphatic hydroxyl groups excluding tert-OH is 1. The molecule has 2 rings (SSSR count). The first kappa shape index (κ1) is 15.8. The lowest BCUT2D eigenvalue weighted by Crippen LogP contribution is -2.15. The van der Waals surface area contributed by atoms with Crippen molar-refractivity contribution in [3.05, 3.63) is 46.8 Å². The van der Waals surface area contributed by atoms with Crippen LogP contribution in [0, 0.1) is 13.8 Å². The first-order valence-electron chi connectivity index (χ1n) is 6.83. The number of benzene rings is 1. The van der Waals surface area contributed by atoms with Gasteiger partial charge in [0.1, 0.15) is 0 Å². The van der Waals surface area contributed by atoms with Crippen molar-refractivity contribution in [3.8, 4) is 0 Å². The number of hydrogen-bond donors (Lipinski definition) is 1. The Kier molecular flexibility index (Phi) is 4.85. The zero-order valence-electron chi connectivity index (χ0n) is 12.8. The zero-order valence-corrected chi connectivity index (χ0v) is 13.6. The normalized spacial score (nSPS) is 12.4. The van der Waals surface area contributed by atoms with Gasteiger partial charge in [-0.3, -0.25) is 4.79 Å². The summed E-state index contributed by atoms with van der Waals surface area (Å²) in [4.78, 5) is 16.7. The molecule has 5 heteroatoms. The van der Waals surface area contributed by atoms with E-state index in [1.54, 1.807) is 6.20 Å². The van der Waals surface area contributed by atoms with Gasteiger partial charge in [0.2, 0.25) is 0 Å². The summed E-state index contributed by atoms with van der Waals surface area (Å²) in [6, 6.07) is 5.79. The molecule has 1 heterocycles. The van der Waals surface area contributed by atoms with Gasteiger partial charge in [-0.15, -0.1) is 0 Å². The number of carbonyl (C=O) groups is 1. The molecule has 0 saturated carbocycles. The van der Waals surface area contributed by atoms with E-state index in [0.29, 0.717) is 0 Å². The van der Waals surface area contributed by atoms with Gasteiger partial charge in [0, 0.05) is 12.6 Å². The fourth-order valence-corrected chi connectivity index (χ4v) is 2.97. The molecular formula is C16H20N2O2S. The average Bonchev–Trinajstić information content (AvgIpc) is 2.81. The summed E-state index contributed by atoms with van der Waals surface area (Å²) >= 11 is 1.41. The number of thioether (sulfide) groups is 1. The van der Waals surface area contributed by atoms with Crippen LogP contribution in [0.15, 0.2) is 29.6 Å². The highest BCUT2D eigenvalue weighted by atomic mass is 32.2. The van der Waals surface area contributed by atoms with E-state index in [9.17, 15) is 9.90 Å². The van der Waals surface area contributed by atoms with E-state index in [1.807, 2.05) is 50.6 Å². The average molecular weight is 304 g/mol. The monoisotopic (exact) mass is 304 g/mol. The minimum absolute atomic E-state index is 0.0520. The van der Waals surface area contributed by atoms with Crippen LogP contribution in [0.5, 0.6) is 0 Å². The Morgan fingerprint density at radius 2 is 2.10 bits per heavy atom. The second-order valence-electron chi connectivity index (χ2n) is 5.17. The van der Waals surface area contributed by atoms with E-state index in [-0.39, 0.29) is 17.6 Å². The number of Topliss-reactive ketones (excluding diaryl/α,β-unsaturated/α-hetero) is 1. The number of hydrogen-bond acceptors (Lipinski definition) is 4. The standard InChI is InChI=1S/C16H20N2O2S/c1-10-5-6-13(7-11(10)2)15(20)12(3)21-16-17-8-14(9-19)18(16)4/h5-8,12,19H,9H2,1-4H3. The molecule has 1 N–H and O–H groups in total. The smallest absolute Gasteiger partial charge is 0.176 e. The lowest BCUT2D eigenvalue weighted by Gasteiger charge is -2.11. The topological polar surface area (TPSA) is 55.1 Å². The number of carbonyl (C=O) groups excluding carboxylic acids is 1. The first-order chi connectivity index (χ1) is 9.93. The Balaban J connectivity index is 2.15. The highest BCUT2D eigenvalue weighted by Crippen LogP contribution is 2.25. The van der Waals surface area contributed by atoms with Crippen LogP contribution in [-0.2, 0) is 13.7 Å². The van der Waals surface area contributed by atoms with Crippen molar-refractivity contribution in [2.75, 3.05) is 0 Å². The quantitative estimate of drug-likeness (QED) is 0.681. The van der Waals surface area contributed by atoms with Gasteiger partial charge in [0.25, 0.3) is 0 Å². The fourth-order valence-electron chi connectivity index (χ4n) is 2.02. The van der Waals surface area contributed by atoms with Crippen molar-refractivity contribution in [3.63, 3.8) is 0 Å². The van der Waals surface area contributed by atoms with Gasteiger partial charge in [-0.25, -0.2) is 4.98 Å². The van der Waals surface area contributed by atoms with E-state index in [2.05, 4.69) is 4.98 Å². The molecule has 0 aliphatic carbocycles. The molecule has 0 saturated heterocycles. The summed E-state index contributed by atoms with van der Waals surface area (Å²) in [5.41, 5.74) is 3.78. The number of aryl methyl sites for hydroxylation is 2. The third-order valence-electron chi connectivity index (χ3n) is 3.65. The van der Waals surface area contributed by atoms with Crippen molar-refractivity contribution in [1.82, 2.24) is 9.55 Å². The number of imidazole rings is 1. The molecule has 0 bridgehead atoms. The van der Waals surface area contributed by atoms with Crippen LogP contribution in [0.25, 0.3) is 0 Å². The summed E-state index contributed by atoms with van der Waals surface area (Å²) in [6.45, 7) is 5.88. The van der Waals surface area contributed by atoms with Crippen LogP contribution in [0.4, 0.5) is 0 Å². The maximum Gasteiger partial charge on any atom is 0.176 e. The Morgan fingerprint density at radius 1 is 1.38 bits per heavy atom. The van der Waals surface area contributed by atoms with Crippen molar-refractivity contribution >= 4 is 17.5 Å². The second kappa shape index (κ2) is 6.45. The minimum Gasteiger partial charge on any atom is -0.390 e. The van der Waals surface area contributed by atoms with Crippen molar-refractivity contribution in [1.29, 1.82) is 0 Å². The minimum atomic E-state index is -0.222. The molecule has 112 valence electrons. The van der Waals surface area contributed by atoms with E-state index < -0.39 is 0 Å². The maximum atomic E-state index is 12.5. The van der Waals surface area contributed by atoms with Crippen LogP contribution in [0.3, 0.4) is 0 Å². The van der Waals surface area contributed by atoms with Crippen LogP contribution >= 0.6 is 11.8 Å². The molecule has 1 aromatic carbocycles. The summed E-state index contributed by atoms with van der Waals surface area (Å²) in [5, 5.41) is 9.69. The molecule has 0 fully saturated rings. The fraction of sp³-hybridized carbons (Fsp3) is 0.375. The lowest BCUT2D eigenvalue weighted by atomic mass is 10.0. The highest BCUT2D eigenvalue weighted by Gasteiger charge is 2.19. The van der Waals surface area contributed by atoms with Crippen molar-refractivity contribution < 1.29 is 9.90 Å². The van der Waals surface area contributed by atoms with Gasteiger partial charge in [-0.2, -0.15) is 0 Å². The lowest BCUT2D eigenvalue weighted by molar-refractivity contribution is 0.0993. The molecule has 4 nitrogen and oxygen atoms in total. The largest absolute Gasteiger partial charge is 0.390 e. The third-order valence-corrected chi connectivity index (χ3v) is 4.80. The molecule has 1 unspecified atom stereocenters. The number of aromatic nitrogens is 2. The van der Waals surface area contributed by atoms with E-state index in [0.717, 1.165) is 22.0 Å². The predicted molar refractivity (Wildman–Crippen MR) is 84.7 cm³/mol. The van der Waals surface area contributed by atoms with Crippen LogP contribution in [0.1, 0.15) is 34.1 Å². The highest BCUT2D eigenvalue weighted by molar-refractivity contribution is 8.00. The Bertz CT molecular complexity index is 664. The molecule has 0 spiro atoms. The molecule has 2 aromatic rings. The zero-order chi connectivity index (χ0) is 15.6. The molecule has 1 atom stereocenters. The first-order valence-corrected chi connectivity index (χ1v) is 7.71. The molecule has 0 aliphatic rings. The Labute approximate surface area is 129 Å².